The third-order valence-corrected chi connectivity index (χ3v) is 7.47. The maximum Gasteiger partial charge on any atom is 0.267 e. The van der Waals surface area contributed by atoms with Crippen LogP contribution in [0.4, 0.5) is 0 Å². The van der Waals surface area contributed by atoms with Crippen molar-refractivity contribution in [3.8, 4) is 0 Å². The number of hydrogen-bond donors (Lipinski definition) is 3. The number of nitrogens with zero attached hydrogens (tertiary/aromatic N) is 2. The molecule has 2 heterocycles. The van der Waals surface area contributed by atoms with Crippen molar-refractivity contribution >= 4 is 22.9 Å². The Morgan fingerprint density at radius 2 is 2.03 bits per heavy atom. The van der Waals surface area contributed by atoms with Gasteiger partial charge in [0.1, 0.15) is 0 Å². The summed E-state index contributed by atoms with van der Waals surface area (Å²) in [7, 11) is 2.12. The zero-order valence-corrected chi connectivity index (χ0v) is 21.2. The van der Waals surface area contributed by atoms with E-state index in [0.29, 0.717) is 6.04 Å². The normalized spacial score (nSPS) is 15.3. The second kappa shape index (κ2) is 10.2. The maximum atomic E-state index is 11.4. The number of rotatable bonds is 8. The fourth-order valence-electron chi connectivity index (χ4n) is 5.71. The first kappa shape index (κ1) is 24.1. The van der Waals surface area contributed by atoms with Gasteiger partial charge < -0.3 is 9.55 Å². The number of amides is 1. The Balaban J connectivity index is 1.42. The number of aromatic nitrogens is 2. The van der Waals surface area contributed by atoms with Crippen molar-refractivity contribution in [2.45, 2.75) is 45.7 Å². The van der Waals surface area contributed by atoms with E-state index in [1.165, 1.54) is 50.6 Å². The summed E-state index contributed by atoms with van der Waals surface area (Å²) < 4.78 is 2.23. The number of aromatic amines is 1. The van der Waals surface area contributed by atoms with Crippen molar-refractivity contribution in [2.75, 3.05) is 6.54 Å². The number of para-hydroxylation sites is 1. The first-order chi connectivity index (χ1) is 17.4. The van der Waals surface area contributed by atoms with Crippen molar-refractivity contribution in [1.29, 1.82) is 0 Å². The van der Waals surface area contributed by atoms with E-state index < -0.39 is 5.91 Å². The molecule has 36 heavy (non-hydrogen) atoms. The molecular formula is C30H34N4O2. The van der Waals surface area contributed by atoms with Gasteiger partial charge in [-0.15, -0.1) is 0 Å². The van der Waals surface area contributed by atoms with Gasteiger partial charge in [0.15, 0.2) is 0 Å². The molecule has 4 aromatic rings. The van der Waals surface area contributed by atoms with Crippen LogP contribution in [-0.2, 0) is 31.2 Å². The summed E-state index contributed by atoms with van der Waals surface area (Å²) in [6.45, 7) is 6.16. The Kier molecular flexibility index (Phi) is 6.81. The Bertz CT molecular complexity index is 1430. The van der Waals surface area contributed by atoms with Gasteiger partial charge in [-0.25, -0.2) is 5.48 Å². The molecule has 1 amide bonds. The second-order valence-electron chi connectivity index (χ2n) is 9.93. The van der Waals surface area contributed by atoms with Gasteiger partial charge in [0.25, 0.3) is 5.91 Å². The van der Waals surface area contributed by atoms with Gasteiger partial charge in [-0.05, 0) is 79.1 Å². The van der Waals surface area contributed by atoms with Crippen LogP contribution in [-0.4, -0.2) is 32.1 Å². The van der Waals surface area contributed by atoms with Gasteiger partial charge >= 0.3 is 0 Å². The largest absolute Gasteiger partial charge is 0.362 e. The number of benzene rings is 2. The van der Waals surface area contributed by atoms with Gasteiger partial charge in [-0.3, -0.25) is 14.9 Å². The smallest absolute Gasteiger partial charge is 0.267 e. The van der Waals surface area contributed by atoms with Crippen LogP contribution in [0.25, 0.3) is 17.0 Å². The summed E-state index contributed by atoms with van der Waals surface area (Å²) in [4.78, 5) is 17.5. The first-order valence-corrected chi connectivity index (χ1v) is 12.6. The van der Waals surface area contributed by atoms with Crippen LogP contribution < -0.4 is 5.48 Å². The number of hydrogen-bond acceptors (Lipinski definition) is 3. The van der Waals surface area contributed by atoms with Crippen molar-refractivity contribution in [1.82, 2.24) is 19.9 Å². The lowest BCUT2D eigenvalue weighted by molar-refractivity contribution is -0.124. The van der Waals surface area contributed by atoms with Crippen molar-refractivity contribution in [3.63, 3.8) is 0 Å². The average Bonchev–Trinajstić information content (AvgIpc) is 3.54. The number of fused-ring (bicyclic) bond motifs is 2. The van der Waals surface area contributed by atoms with E-state index in [9.17, 15) is 4.79 Å². The molecule has 0 bridgehead atoms. The lowest BCUT2D eigenvalue weighted by Crippen LogP contribution is -2.29. The fourth-order valence-corrected chi connectivity index (χ4v) is 5.71. The lowest BCUT2D eigenvalue weighted by Gasteiger charge is -2.30. The molecule has 1 aliphatic rings. The molecule has 0 fully saturated rings. The minimum Gasteiger partial charge on any atom is -0.362 e. The monoisotopic (exact) mass is 482 g/mol. The highest BCUT2D eigenvalue weighted by atomic mass is 16.5. The summed E-state index contributed by atoms with van der Waals surface area (Å²) in [5.41, 5.74) is 11.8. The molecule has 6 heteroatoms. The lowest BCUT2D eigenvalue weighted by atomic mass is 10.0. The Labute approximate surface area is 212 Å². The van der Waals surface area contributed by atoms with Crippen LogP contribution in [0.5, 0.6) is 0 Å². The summed E-state index contributed by atoms with van der Waals surface area (Å²) >= 11 is 0. The number of aryl methyl sites for hydroxylation is 4. The number of hydroxylamine groups is 1. The SMILES string of the molecule is Cc1cc(CN(CCc2cn(C)c3ccccc23)C2CCc3cc(C=CC(=O)NO)ccc32)c(C)[nH]1. The predicted molar refractivity (Wildman–Crippen MR) is 144 cm³/mol. The van der Waals surface area contributed by atoms with Crippen molar-refractivity contribution in [2.24, 2.45) is 7.05 Å². The standard InChI is InChI=1S/C30H34N4O2/c1-20-16-25(21(2)31-20)19-34(15-14-24-18-33(3)28-7-5-4-6-26(24)28)29-12-10-23-17-22(8-11-27(23)29)9-13-30(35)32-36/h4-9,11,13,16-18,29,31,36H,10,12,14-15,19H2,1-3H3,(H,32,35). The number of H-pyrrole nitrogens is 1. The Morgan fingerprint density at radius 3 is 2.81 bits per heavy atom. The van der Waals surface area contributed by atoms with Crippen LogP contribution in [0.1, 0.15) is 51.7 Å². The molecule has 2 aromatic carbocycles. The molecule has 1 aliphatic carbocycles. The zero-order valence-electron chi connectivity index (χ0n) is 21.2. The van der Waals surface area contributed by atoms with Crippen LogP contribution in [0.3, 0.4) is 0 Å². The molecule has 5 rings (SSSR count). The molecule has 0 radical (unpaired) electrons. The molecule has 1 unspecified atom stereocenters. The van der Waals surface area contributed by atoms with E-state index >= 15 is 0 Å². The number of nitrogens with one attached hydrogen (secondary N) is 2. The minimum atomic E-state index is -0.523. The molecule has 6 nitrogen and oxygen atoms in total. The van der Waals surface area contributed by atoms with Gasteiger partial charge in [0.2, 0.25) is 0 Å². The topological polar surface area (TPSA) is 73.3 Å². The summed E-state index contributed by atoms with van der Waals surface area (Å²) in [6, 6.07) is 17.7. The molecular weight excluding hydrogens is 448 g/mol. The Hall–Kier alpha value is -3.61. The van der Waals surface area contributed by atoms with E-state index in [0.717, 1.165) is 37.9 Å². The first-order valence-electron chi connectivity index (χ1n) is 12.6. The highest BCUT2D eigenvalue weighted by Crippen LogP contribution is 2.38. The summed E-state index contributed by atoms with van der Waals surface area (Å²) in [5.74, 6) is -0.523. The highest BCUT2D eigenvalue weighted by molar-refractivity contribution is 5.90. The number of carbonyl (C=O) groups excluding carboxylic acids is 1. The van der Waals surface area contributed by atoms with Gasteiger partial charge in [0.05, 0.1) is 0 Å². The molecule has 0 saturated heterocycles. The quantitative estimate of drug-likeness (QED) is 0.179. The van der Waals surface area contributed by atoms with E-state index in [2.05, 4.69) is 90.1 Å². The van der Waals surface area contributed by atoms with Crippen molar-refractivity contribution < 1.29 is 10.0 Å². The molecule has 186 valence electrons. The third-order valence-electron chi connectivity index (χ3n) is 7.47. The van der Waals surface area contributed by atoms with Crippen LogP contribution >= 0.6 is 0 Å². The second-order valence-corrected chi connectivity index (χ2v) is 9.93. The molecule has 0 spiro atoms. The number of carbonyl (C=O) groups is 1. The highest BCUT2D eigenvalue weighted by Gasteiger charge is 2.28. The van der Waals surface area contributed by atoms with Crippen molar-refractivity contribution in [3.05, 3.63) is 100 Å². The summed E-state index contributed by atoms with van der Waals surface area (Å²) in [6.07, 6.45) is 8.46. The molecule has 2 aromatic heterocycles. The van der Waals surface area contributed by atoms with Crippen LogP contribution in [0.15, 0.2) is 60.8 Å². The summed E-state index contributed by atoms with van der Waals surface area (Å²) in [5, 5.41) is 10.1. The Morgan fingerprint density at radius 1 is 1.19 bits per heavy atom. The minimum absolute atomic E-state index is 0.350. The van der Waals surface area contributed by atoms with Crippen LogP contribution in [0, 0.1) is 13.8 Å². The van der Waals surface area contributed by atoms with Crippen LogP contribution in [0.2, 0.25) is 0 Å². The zero-order chi connectivity index (χ0) is 25.2. The average molecular weight is 483 g/mol. The molecule has 0 saturated carbocycles. The van der Waals surface area contributed by atoms with E-state index in [1.807, 2.05) is 0 Å². The van der Waals surface area contributed by atoms with Gasteiger partial charge in [-0.2, -0.15) is 0 Å². The third kappa shape index (κ3) is 4.87. The fraction of sp³-hybridized carbons (Fsp3) is 0.300. The van der Waals surface area contributed by atoms with E-state index in [1.54, 1.807) is 11.6 Å². The maximum absolute atomic E-state index is 11.4. The van der Waals surface area contributed by atoms with Gasteiger partial charge in [-0.1, -0.05) is 36.4 Å². The van der Waals surface area contributed by atoms with E-state index in [-0.39, 0.29) is 0 Å². The molecule has 3 N–H and O–H groups in total. The van der Waals surface area contributed by atoms with E-state index in [4.69, 9.17) is 5.21 Å². The van der Waals surface area contributed by atoms with Gasteiger partial charge in [0, 0.05) is 60.7 Å². The predicted octanol–water partition coefficient (Wildman–Crippen LogP) is 5.37. The molecule has 1 atom stereocenters. The molecule has 0 aliphatic heterocycles.